The van der Waals surface area contributed by atoms with Gasteiger partial charge in [0.25, 0.3) is 0 Å². The fraction of sp³-hybridized carbons (Fsp3) is 0.417. The second-order valence-electron chi connectivity index (χ2n) is 8.71. The molecule has 0 bridgehead atoms. The molecule has 0 aromatic heterocycles. The Kier molecular flexibility index (Phi) is 8.03. The summed E-state index contributed by atoms with van der Waals surface area (Å²) in [5, 5.41) is 20.6. The van der Waals surface area contributed by atoms with Crippen LogP contribution in [0, 0.1) is 5.92 Å². The molecular formula is C24H27Cl2N3O6. The van der Waals surface area contributed by atoms with Gasteiger partial charge in [0.05, 0.1) is 25.4 Å². The van der Waals surface area contributed by atoms with Crippen molar-refractivity contribution in [3.05, 3.63) is 58.6 Å². The second kappa shape index (κ2) is 11.0. The van der Waals surface area contributed by atoms with Gasteiger partial charge >= 0.3 is 12.1 Å². The first-order valence-corrected chi connectivity index (χ1v) is 11.9. The fourth-order valence-electron chi connectivity index (χ4n) is 4.70. The first kappa shape index (κ1) is 25.5. The Morgan fingerprint density at radius 2 is 1.74 bits per heavy atom. The lowest BCUT2D eigenvalue weighted by atomic mass is 9.82. The SMILES string of the molecule is COC[C@H]1C[C@H]2C[C@H](OC(=O)Nc3cccc(Cl)c3)[C@@H](NC(=O)Nc3cccc(Cl)c3)[C@@]2(O)CO1. The third-order valence-electron chi connectivity index (χ3n) is 6.28. The normalized spacial score (nSPS) is 27.5. The number of hydrogen-bond donors (Lipinski definition) is 4. The minimum atomic E-state index is -1.43. The van der Waals surface area contributed by atoms with Crippen molar-refractivity contribution in [2.24, 2.45) is 5.92 Å². The van der Waals surface area contributed by atoms with Gasteiger partial charge in [0.1, 0.15) is 11.7 Å². The number of nitrogens with one attached hydrogen (secondary N) is 3. The molecule has 2 aromatic carbocycles. The van der Waals surface area contributed by atoms with Gasteiger partial charge in [-0.25, -0.2) is 9.59 Å². The number of hydrogen-bond acceptors (Lipinski definition) is 6. The van der Waals surface area contributed by atoms with Crippen molar-refractivity contribution in [3.63, 3.8) is 0 Å². The molecule has 1 saturated heterocycles. The number of urea groups is 1. The van der Waals surface area contributed by atoms with Gasteiger partial charge in [0.2, 0.25) is 0 Å². The zero-order valence-electron chi connectivity index (χ0n) is 19.0. The van der Waals surface area contributed by atoms with E-state index in [2.05, 4.69) is 16.0 Å². The van der Waals surface area contributed by atoms with Gasteiger partial charge in [-0.05, 0) is 55.2 Å². The molecule has 4 N–H and O–H groups in total. The van der Waals surface area contributed by atoms with Crippen molar-refractivity contribution in [1.29, 1.82) is 0 Å². The number of fused-ring (bicyclic) bond motifs is 1. The molecule has 1 saturated carbocycles. The third-order valence-corrected chi connectivity index (χ3v) is 6.75. The summed E-state index contributed by atoms with van der Waals surface area (Å²) in [7, 11) is 1.58. The van der Waals surface area contributed by atoms with Crippen LogP contribution in [0.2, 0.25) is 10.0 Å². The molecule has 0 spiro atoms. The maximum atomic E-state index is 12.8. The Morgan fingerprint density at radius 1 is 1.09 bits per heavy atom. The Bertz CT molecular complexity index is 1070. The van der Waals surface area contributed by atoms with Gasteiger partial charge in [0.15, 0.2) is 0 Å². The molecule has 9 nitrogen and oxygen atoms in total. The van der Waals surface area contributed by atoms with Crippen LogP contribution in [-0.4, -0.2) is 61.4 Å². The molecule has 1 aliphatic carbocycles. The van der Waals surface area contributed by atoms with E-state index in [4.69, 9.17) is 37.4 Å². The van der Waals surface area contributed by atoms with E-state index < -0.39 is 29.9 Å². The lowest BCUT2D eigenvalue weighted by Gasteiger charge is -2.41. The molecule has 0 radical (unpaired) electrons. The maximum Gasteiger partial charge on any atom is 0.411 e. The van der Waals surface area contributed by atoms with Crippen molar-refractivity contribution >= 4 is 46.7 Å². The van der Waals surface area contributed by atoms with Crippen LogP contribution < -0.4 is 16.0 Å². The quantitative estimate of drug-likeness (QED) is 0.448. The topological polar surface area (TPSA) is 118 Å². The van der Waals surface area contributed by atoms with Gasteiger partial charge in [-0.1, -0.05) is 35.3 Å². The van der Waals surface area contributed by atoms with E-state index in [9.17, 15) is 14.7 Å². The molecule has 35 heavy (non-hydrogen) atoms. The average Bonchev–Trinajstić information content (AvgIpc) is 3.04. The Hall–Kier alpha value is -2.56. The molecular weight excluding hydrogens is 497 g/mol. The molecule has 188 valence electrons. The standard InChI is InChI=1S/C24H27Cl2N3O6/c1-33-12-19-8-14-9-20(35-23(31)28-18-7-3-5-16(26)11-18)21(24(14,32)13-34-19)29-22(30)27-17-6-2-4-15(25)10-17/h2-7,10-11,14,19-21,32H,8-9,12-13H2,1H3,(H,28,31)(H2,27,29,30)/t14-,19+,20-,21+,24+/m0/s1. The first-order chi connectivity index (χ1) is 16.8. The largest absolute Gasteiger partial charge is 0.444 e. The summed E-state index contributed by atoms with van der Waals surface area (Å²) in [6.07, 6.45) is -0.903. The van der Waals surface area contributed by atoms with Crippen LogP contribution in [-0.2, 0) is 14.2 Å². The average molecular weight is 524 g/mol. The molecule has 2 fully saturated rings. The summed E-state index contributed by atoms with van der Waals surface area (Å²) >= 11 is 12.0. The first-order valence-electron chi connectivity index (χ1n) is 11.2. The number of rotatable bonds is 6. The summed E-state index contributed by atoms with van der Waals surface area (Å²) in [6, 6.07) is 11.8. The smallest absolute Gasteiger partial charge is 0.411 e. The minimum Gasteiger partial charge on any atom is -0.444 e. The number of ether oxygens (including phenoxy) is 3. The Morgan fingerprint density at radius 3 is 2.37 bits per heavy atom. The summed E-state index contributed by atoms with van der Waals surface area (Å²) in [4.78, 5) is 25.5. The van der Waals surface area contributed by atoms with Crippen LogP contribution in [0.5, 0.6) is 0 Å². The van der Waals surface area contributed by atoms with Gasteiger partial charge in [-0.2, -0.15) is 0 Å². The van der Waals surface area contributed by atoms with E-state index in [1.165, 1.54) is 0 Å². The van der Waals surface area contributed by atoms with E-state index in [1.54, 1.807) is 55.6 Å². The zero-order chi connectivity index (χ0) is 25.0. The van der Waals surface area contributed by atoms with Crippen molar-refractivity contribution in [2.75, 3.05) is 31.0 Å². The van der Waals surface area contributed by atoms with Gasteiger partial charge < -0.3 is 30.0 Å². The molecule has 11 heteroatoms. The van der Waals surface area contributed by atoms with Crippen LogP contribution >= 0.6 is 23.2 Å². The van der Waals surface area contributed by atoms with Crippen molar-refractivity contribution in [2.45, 2.75) is 36.7 Å². The predicted octanol–water partition coefficient (Wildman–Crippen LogP) is 4.29. The monoisotopic (exact) mass is 523 g/mol. The number of carbonyl (C=O) groups is 2. The van der Waals surface area contributed by atoms with E-state index in [1.807, 2.05) is 0 Å². The number of aliphatic hydroxyl groups is 1. The van der Waals surface area contributed by atoms with Crippen LogP contribution in [0.1, 0.15) is 12.8 Å². The lowest BCUT2D eigenvalue weighted by Crippen LogP contribution is -2.61. The highest BCUT2D eigenvalue weighted by Crippen LogP contribution is 2.44. The molecule has 0 unspecified atom stereocenters. The molecule has 5 atom stereocenters. The number of benzene rings is 2. The zero-order valence-corrected chi connectivity index (χ0v) is 20.5. The highest BCUT2D eigenvalue weighted by atomic mass is 35.5. The molecule has 2 aromatic rings. The van der Waals surface area contributed by atoms with E-state index in [0.717, 1.165) is 0 Å². The van der Waals surface area contributed by atoms with E-state index in [-0.39, 0.29) is 18.6 Å². The molecule has 2 aliphatic rings. The Labute approximate surface area is 213 Å². The van der Waals surface area contributed by atoms with Crippen molar-refractivity contribution in [3.8, 4) is 0 Å². The van der Waals surface area contributed by atoms with E-state index in [0.29, 0.717) is 40.9 Å². The number of anilines is 2. The summed E-state index contributed by atoms with van der Waals surface area (Å²) in [5.74, 6) is -0.281. The summed E-state index contributed by atoms with van der Waals surface area (Å²) in [5.41, 5.74) is -0.493. The van der Waals surface area contributed by atoms with Gasteiger partial charge in [-0.3, -0.25) is 5.32 Å². The number of amides is 3. The predicted molar refractivity (Wildman–Crippen MR) is 132 cm³/mol. The van der Waals surface area contributed by atoms with Gasteiger partial charge in [0, 0.05) is 28.5 Å². The molecule has 3 amide bonds. The van der Waals surface area contributed by atoms with Crippen molar-refractivity contribution < 1.29 is 28.9 Å². The molecule has 1 aliphatic heterocycles. The lowest BCUT2D eigenvalue weighted by molar-refractivity contribution is -0.162. The maximum absolute atomic E-state index is 12.8. The highest BCUT2D eigenvalue weighted by Gasteiger charge is 2.59. The minimum absolute atomic E-state index is 0.0381. The molecule has 4 rings (SSSR count). The van der Waals surface area contributed by atoms with Gasteiger partial charge in [-0.15, -0.1) is 0 Å². The van der Waals surface area contributed by atoms with Crippen LogP contribution in [0.15, 0.2) is 48.5 Å². The highest BCUT2D eigenvalue weighted by molar-refractivity contribution is 6.31. The molecule has 1 heterocycles. The summed E-state index contributed by atoms with van der Waals surface area (Å²) < 4.78 is 16.7. The number of halogens is 2. The van der Waals surface area contributed by atoms with Crippen LogP contribution in [0.25, 0.3) is 0 Å². The third kappa shape index (κ3) is 6.17. The summed E-state index contributed by atoms with van der Waals surface area (Å²) in [6.45, 7) is 0.338. The van der Waals surface area contributed by atoms with E-state index >= 15 is 0 Å². The van der Waals surface area contributed by atoms with Crippen LogP contribution in [0.3, 0.4) is 0 Å². The number of carbonyl (C=O) groups excluding carboxylic acids is 2. The fourth-order valence-corrected chi connectivity index (χ4v) is 5.08. The number of methoxy groups -OCH3 is 1. The van der Waals surface area contributed by atoms with Crippen molar-refractivity contribution in [1.82, 2.24) is 5.32 Å². The Balaban J connectivity index is 1.49. The second-order valence-corrected chi connectivity index (χ2v) is 9.59. The van der Waals surface area contributed by atoms with Crippen LogP contribution in [0.4, 0.5) is 21.0 Å².